The highest BCUT2D eigenvalue weighted by Crippen LogP contribution is 2.41. The van der Waals surface area contributed by atoms with Crippen LogP contribution in [0.3, 0.4) is 0 Å². The minimum absolute atomic E-state index is 0.242. The Morgan fingerprint density at radius 2 is 2.08 bits per heavy atom. The van der Waals surface area contributed by atoms with E-state index in [1.807, 2.05) is 11.3 Å². The molecular formula is C19H27N4O2S+. The molecule has 0 radical (unpaired) electrons. The number of quaternary nitrogens is 1. The van der Waals surface area contributed by atoms with Crippen LogP contribution in [0.25, 0.3) is 10.2 Å². The quantitative estimate of drug-likeness (QED) is 0.821. The fourth-order valence-electron chi connectivity index (χ4n) is 4.54. The zero-order valence-electron chi connectivity index (χ0n) is 15.2. The first-order valence-corrected chi connectivity index (χ1v) is 10.7. The van der Waals surface area contributed by atoms with Crippen LogP contribution in [0.4, 0.5) is 5.82 Å². The number of aliphatic hydroxyl groups excluding tert-OH is 1. The van der Waals surface area contributed by atoms with E-state index in [0.29, 0.717) is 6.54 Å². The SMILES string of the molecule is O[C@@H]1CCCN(c2nc(C[NH+]3CCOCC3)nc3sc4c(c23)CCC4)C1. The van der Waals surface area contributed by atoms with Crippen LogP contribution in [0.2, 0.25) is 0 Å². The molecule has 1 atom stereocenters. The standard InChI is InChI=1S/C19H26N4O2S/c24-13-3-2-6-23(11-13)18-17-14-4-1-5-15(14)26-19(17)21-16(20-18)12-22-7-9-25-10-8-22/h13,24H,1-12H2/p+1/t13-/m1/s1. The first-order valence-electron chi connectivity index (χ1n) is 9.93. The van der Waals surface area contributed by atoms with Crippen molar-refractivity contribution in [2.45, 2.75) is 44.8 Å². The molecule has 0 unspecified atom stereocenters. The average Bonchev–Trinajstić information content (AvgIpc) is 3.23. The van der Waals surface area contributed by atoms with Crippen molar-refractivity contribution in [2.24, 2.45) is 0 Å². The summed E-state index contributed by atoms with van der Waals surface area (Å²) in [5, 5.41) is 11.5. The number of ether oxygens (including phenoxy) is 1. The number of β-amino-alcohol motifs (C(OH)–C–C–N with tert-alkyl or cyclic N) is 1. The Morgan fingerprint density at radius 3 is 2.92 bits per heavy atom. The molecule has 140 valence electrons. The summed E-state index contributed by atoms with van der Waals surface area (Å²) in [5.41, 5.74) is 1.48. The molecule has 2 fully saturated rings. The number of nitrogens with one attached hydrogen (secondary N) is 1. The van der Waals surface area contributed by atoms with E-state index in [2.05, 4.69) is 4.90 Å². The average molecular weight is 376 g/mol. The molecule has 2 aromatic heterocycles. The summed E-state index contributed by atoms with van der Waals surface area (Å²) in [6.07, 6.45) is 5.27. The molecule has 2 aromatic rings. The first kappa shape index (κ1) is 16.9. The molecule has 0 amide bonds. The van der Waals surface area contributed by atoms with Gasteiger partial charge in [-0.2, -0.15) is 0 Å². The molecule has 2 saturated heterocycles. The number of piperidine rings is 1. The molecule has 1 aliphatic carbocycles. The highest BCUT2D eigenvalue weighted by atomic mass is 32.1. The van der Waals surface area contributed by atoms with Crippen molar-refractivity contribution >= 4 is 27.4 Å². The Hall–Kier alpha value is -1.28. The number of thiophene rings is 1. The minimum Gasteiger partial charge on any atom is -0.391 e. The largest absolute Gasteiger partial charge is 0.391 e. The van der Waals surface area contributed by atoms with Crippen LogP contribution in [0.15, 0.2) is 0 Å². The summed E-state index contributed by atoms with van der Waals surface area (Å²) in [6.45, 7) is 6.26. The van der Waals surface area contributed by atoms with E-state index in [0.717, 1.165) is 75.1 Å². The van der Waals surface area contributed by atoms with Gasteiger partial charge >= 0.3 is 0 Å². The number of nitrogens with zero attached hydrogens (tertiary/aromatic N) is 3. The minimum atomic E-state index is -0.242. The number of anilines is 1. The van der Waals surface area contributed by atoms with Crippen molar-refractivity contribution in [3.05, 3.63) is 16.3 Å². The molecule has 0 aromatic carbocycles. The van der Waals surface area contributed by atoms with Crippen LogP contribution in [0, 0.1) is 0 Å². The van der Waals surface area contributed by atoms with Gasteiger partial charge in [0.05, 0.1) is 24.7 Å². The van der Waals surface area contributed by atoms with Crippen LogP contribution >= 0.6 is 11.3 Å². The van der Waals surface area contributed by atoms with Gasteiger partial charge in [0.25, 0.3) is 0 Å². The molecule has 0 bridgehead atoms. The van der Waals surface area contributed by atoms with E-state index in [-0.39, 0.29) is 6.10 Å². The van der Waals surface area contributed by atoms with E-state index in [9.17, 15) is 5.11 Å². The monoisotopic (exact) mass is 375 g/mol. The number of rotatable bonds is 3. The van der Waals surface area contributed by atoms with E-state index < -0.39 is 0 Å². The van der Waals surface area contributed by atoms with Gasteiger partial charge in [-0.3, -0.25) is 0 Å². The van der Waals surface area contributed by atoms with Gasteiger partial charge in [-0.25, -0.2) is 9.97 Å². The van der Waals surface area contributed by atoms with Crippen LogP contribution in [0.1, 0.15) is 35.5 Å². The second kappa shape index (κ2) is 7.03. The van der Waals surface area contributed by atoms with E-state index >= 15 is 0 Å². The van der Waals surface area contributed by atoms with Crippen LogP contribution in [-0.4, -0.2) is 60.6 Å². The summed E-state index contributed by atoms with van der Waals surface area (Å²) in [7, 11) is 0. The Kier molecular flexibility index (Phi) is 4.56. The number of aromatic nitrogens is 2. The van der Waals surface area contributed by atoms with Gasteiger partial charge in [-0.05, 0) is 37.7 Å². The highest BCUT2D eigenvalue weighted by Gasteiger charge is 2.28. The van der Waals surface area contributed by atoms with Gasteiger partial charge in [0.15, 0.2) is 5.82 Å². The van der Waals surface area contributed by atoms with Gasteiger partial charge in [-0.1, -0.05) is 0 Å². The fraction of sp³-hybridized carbons (Fsp3) is 0.684. The molecule has 0 spiro atoms. The highest BCUT2D eigenvalue weighted by molar-refractivity contribution is 7.19. The lowest BCUT2D eigenvalue weighted by molar-refractivity contribution is -0.922. The molecule has 26 heavy (non-hydrogen) atoms. The Morgan fingerprint density at radius 1 is 1.19 bits per heavy atom. The van der Waals surface area contributed by atoms with Crippen molar-refractivity contribution in [3.63, 3.8) is 0 Å². The zero-order chi connectivity index (χ0) is 17.5. The second-order valence-electron chi connectivity index (χ2n) is 7.78. The third-order valence-electron chi connectivity index (χ3n) is 5.90. The number of hydrogen-bond donors (Lipinski definition) is 2. The summed E-state index contributed by atoms with van der Waals surface area (Å²) >= 11 is 1.87. The molecule has 5 rings (SSSR count). The fourth-order valence-corrected chi connectivity index (χ4v) is 5.81. The molecule has 3 aliphatic rings. The molecular weight excluding hydrogens is 348 g/mol. The van der Waals surface area contributed by atoms with Crippen molar-refractivity contribution in [2.75, 3.05) is 44.3 Å². The lowest BCUT2D eigenvalue weighted by Crippen LogP contribution is -3.12. The predicted molar refractivity (Wildman–Crippen MR) is 102 cm³/mol. The Balaban J connectivity index is 1.55. The van der Waals surface area contributed by atoms with Gasteiger partial charge in [0, 0.05) is 18.0 Å². The third kappa shape index (κ3) is 3.11. The van der Waals surface area contributed by atoms with Crippen molar-refractivity contribution < 1.29 is 14.7 Å². The maximum atomic E-state index is 10.2. The van der Waals surface area contributed by atoms with Crippen LogP contribution < -0.4 is 9.80 Å². The first-order chi connectivity index (χ1) is 12.8. The third-order valence-corrected chi connectivity index (χ3v) is 7.08. The van der Waals surface area contributed by atoms with Crippen LogP contribution in [0.5, 0.6) is 0 Å². The number of aryl methyl sites for hydroxylation is 2. The summed E-state index contributed by atoms with van der Waals surface area (Å²) in [5.74, 6) is 2.03. The van der Waals surface area contributed by atoms with Gasteiger partial charge in [0.2, 0.25) is 0 Å². The maximum Gasteiger partial charge on any atom is 0.187 e. The van der Waals surface area contributed by atoms with Crippen molar-refractivity contribution in [1.82, 2.24) is 9.97 Å². The molecule has 2 aliphatic heterocycles. The van der Waals surface area contributed by atoms with Crippen LogP contribution in [-0.2, 0) is 24.1 Å². The second-order valence-corrected chi connectivity index (χ2v) is 8.87. The van der Waals surface area contributed by atoms with Gasteiger partial charge in [0.1, 0.15) is 30.3 Å². The molecule has 6 nitrogen and oxygen atoms in total. The van der Waals surface area contributed by atoms with E-state index in [1.54, 1.807) is 0 Å². The number of morpholine rings is 1. The lowest BCUT2D eigenvalue weighted by Gasteiger charge is -2.32. The van der Waals surface area contributed by atoms with Gasteiger partial charge in [-0.15, -0.1) is 11.3 Å². The molecule has 7 heteroatoms. The van der Waals surface area contributed by atoms with E-state index in [1.165, 1.54) is 33.6 Å². The Labute approximate surface area is 157 Å². The summed E-state index contributed by atoms with van der Waals surface area (Å²) < 4.78 is 5.48. The normalized spacial score (nSPS) is 24.3. The Bertz CT molecular complexity index is 802. The molecule has 0 saturated carbocycles. The maximum absolute atomic E-state index is 10.2. The topological polar surface area (TPSA) is 62.9 Å². The molecule has 2 N–H and O–H groups in total. The predicted octanol–water partition coefficient (Wildman–Crippen LogP) is 0.556. The number of aliphatic hydroxyl groups is 1. The van der Waals surface area contributed by atoms with Crippen molar-refractivity contribution in [1.29, 1.82) is 0 Å². The van der Waals surface area contributed by atoms with E-state index in [4.69, 9.17) is 14.7 Å². The molecule has 4 heterocycles. The van der Waals surface area contributed by atoms with Gasteiger partial charge < -0.3 is 19.6 Å². The van der Waals surface area contributed by atoms with Crippen molar-refractivity contribution in [3.8, 4) is 0 Å². The summed E-state index contributed by atoms with van der Waals surface area (Å²) in [6, 6.07) is 0. The summed E-state index contributed by atoms with van der Waals surface area (Å²) in [4.78, 5) is 16.5. The smallest absolute Gasteiger partial charge is 0.187 e. The zero-order valence-corrected chi connectivity index (χ0v) is 16.0. The number of hydrogen-bond acceptors (Lipinski definition) is 6. The lowest BCUT2D eigenvalue weighted by atomic mass is 10.1. The number of fused-ring (bicyclic) bond motifs is 3.